The number of aromatic nitrogens is 2. The molecule has 29 heavy (non-hydrogen) atoms. The van der Waals surface area contributed by atoms with Crippen molar-refractivity contribution in [1.29, 1.82) is 0 Å². The molecular weight excluding hydrogens is 374 g/mol. The topological polar surface area (TPSA) is 131 Å². The van der Waals surface area contributed by atoms with Crippen molar-refractivity contribution in [3.8, 4) is 23.5 Å². The maximum Gasteiger partial charge on any atom is 0.323 e. The van der Waals surface area contributed by atoms with Gasteiger partial charge in [-0.2, -0.15) is 0 Å². The summed E-state index contributed by atoms with van der Waals surface area (Å²) in [6.45, 7) is -0.111. The smallest absolute Gasteiger partial charge is 0.323 e. The Hall–Kier alpha value is -4.19. The molecule has 0 spiro atoms. The molecule has 0 saturated carbocycles. The van der Waals surface area contributed by atoms with Crippen molar-refractivity contribution < 1.29 is 19.4 Å². The van der Waals surface area contributed by atoms with Crippen molar-refractivity contribution in [2.45, 2.75) is 12.1 Å². The zero-order chi connectivity index (χ0) is 20.6. The second-order valence-electron chi connectivity index (χ2n) is 6.56. The third kappa shape index (κ3) is 3.17. The van der Waals surface area contributed by atoms with E-state index in [0.29, 0.717) is 22.4 Å². The lowest BCUT2D eigenvalue weighted by Crippen LogP contribution is -2.49. The molecule has 1 fully saturated rings. The number of hydrogen-bond acceptors (Lipinski definition) is 6. The molecule has 0 bridgehead atoms. The maximum absolute atomic E-state index is 12.6. The zero-order valence-electron chi connectivity index (χ0n) is 15.4. The highest BCUT2D eigenvalue weighted by molar-refractivity contribution is 6.09. The quantitative estimate of drug-likeness (QED) is 0.389. The van der Waals surface area contributed by atoms with E-state index in [4.69, 9.17) is 10.5 Å². The fourth-order valence-corrected chi connectivity index (χ4v) is 3.14. The van der Waals surface area contributed by atoms with E-state index in [0.717, 1.165) is 5.39 Å². The van der Waals surface area contributed by atoms with Crippen LogP contribution in [0.25, 0.3) is 10.8 Å². The number of ether oxygens (including phenoxy) is 1. The summed E-state index contributed by atoms with van der Waals surface area (Å²) in [6, 6.07) is 6.15. The minimum absolute atomic E-state index is 0.0742. The van der Waals surface area contributed by atoms with Crippen LogP contribution in [0.3, 0.4) is 0 Å². The Kier molecular flexibility index (Phi) is 4.24. The van der Waals surface area contributed by atoms with Crippen LogP contribution in [0.15, 0.2) is 42.9 Å². The molecule has 146 valence electrons. The summed E-state index contributed by atoms with van der Waals surface area (Å²) < 4.78 is 6.64. The zero-order valence-corrected chi connectivity index (χ0v) is 15.4. The largest absolute Gasteiger partial charge is 0.497 e. The molecule has 1 aliphatic heterocycles. The second kappa shape index (κ2) is 6.76. The molecule has 1 atom stereocenters. The van der Waals surface area contributed by atoms with Crippen molar-refractivity contribution in [2.75, 3.05) is 12.8 Å². The number of benzene rings is 1. The van der Waals surface area contributed by atoms with E-state index in [1.807, 2.05) is 0 Å². The predicted octanol–water partition coefficient (Wildman–Crippen LogP) is 0.963. The molecule has 3 heterocycles. The number of fused-ring (bicyclic) bond motifs is 1. The number of imide groups is 1. The lowest BCUT2D eigenvalue weighted by Gasteiger charge is -2.20. The number of nitrogens with one attached hydrogen (secondary N) is 2. The fourth-order valence-electron chi connectivity index (χ4n) is 3.14. The fraction of sp³-hybridized carbons (Fsp3) is 0.150. The first-order chi connectivity index (χ1) is 13.9. The number of hydrogen-bond donors (Lipinski definition) is 4. The predicted molar refractivity (Wildman–Crippen MR) is 105 cm³/mol. The van der Waals surface area contributed by atoms with E-state index in [1.54, 1.807) is 30.5 Å². The molecule has 9 heteroatoms. The molecule has 0 radical (unpaired) electrons. The van der Waals surface area contributed by atoms with Crippen LogP contribution in [0, 0.1) is 11.8 Å². The Morgan fingerprint density at radius 1 is 1.34 bits per heavy atom. The van der Waals surface area contributed by atoms with Crippen molar-refractivity contribution in [3.05, 3.63) is 48.4 Å². The number of nitrogens with zero attached hydrogens (tertiary/aromatic N) is 2. The van der Waals surface area contributed by atoms with Gasteiger partial charge in [0.1, 0.15) is 5.75 Å². The Morgan fingerprint density at radius 2 is 2.17 bits per heavy atom. The minimum atomic E-state index is -1.59. The van der Waals surface area contributed by atoms with Crippen molar-refractivity contribution >= 4 is 28.4 Å². The lowest BCUT2D eigenvalue weighted by atomic mass is 10.00. The number of methoxy groups -OCH3 is 1. The van der Waals surface area contributed by atoms with Crippen LogP contribution in [-0.4, -0.2) is 39.2 Å². The molecule has 1 saturated heterocycles. The normalized spacial score (nSPS) is 18.1. The third-order valence-corrected chi connectivity index (χ3v) is 4.68. The van der Waals surface area contributed by atoms with Crippen LogP contribution in [-0.2, 0) is 11.3 Å². The first-order valence-corrected chi connectivity index (χ1v) is 8.64. The van der Waals surface area contributed by atoms with E-state index in [-0.39, 0.29) is 12.4 Å². The number of carbonyl (C=O) groups excluding carboxylic acids is 2. The number of nitrogens with two attached hydrogens (primary N) is 1. The Balaban J connectivity index is 1.77. The minimum Gasteiger partial charge on any atom is -0.497 e. The number of urea groups is 1. The molecule has 9 nitrogen and oxygen atoms in total. The van der Waals surface area contributed by atoms with Crippen LogP contribution in [0.4, 0.5) is 10.5 Å². The summed E-state index contributed by atoms with van der Waals surface area (Å²) in [5.41, 5.74) is 5.11. The van der Waals surface area contributed by atoms with E-state index in [9.17, 15) is 14.7 Å². The Bertz CT molecular complexity index is 1210. The third-order valence-electron chi connectivity index (χ3n) is 4.68. The number of rotatable bonds is 3. The number of pyridine rings is 1. The van der Waals surface area contributed by atoms with Crippen molar-refractivity contribution in [3.63, 3.8) is 0 Å². The summed E-state index contributed by atoms with van der Waals surface area (Å²) >= 11 is 0. The summed E-state index contributed by atoms with van der Waals surface area (Å²) in [5, 5.41) is 16.7. The number of anilines is 1. The molecule has 1 aliphatic rings. The van der Waals surface area contributed by atoms with Gasteiger partial charge in [-0.05, 0) is 24.3 Å². The molecule has 3 amide bonds. The van der Waals surface area contributed by atoms with Crippen molar-refractivity contribution in [2.24, 2.45) is 0 Å². The first kappa shape index (κ1) is 18.2. The molecule has 4 rings (SSSR count). The van der Waals surface area contributed by atoms with E-state index < -0.39 is 17.5 Å². The standard InChI is InChI=1S/C20H17N5O4/c1-29-14-3-2-13-10-25(17(26)15(13)8-14)11-20(18(27)23-19(28)24-20)6-4-12-9-22-7-5-16(12)21/h2-3,5,7-10,26H,11H2,1H3,(H2,21,22)(H2,23,24,27,28)/t20-/m1/s1. The van der Waals surface area contributed by atoms with Gasteiger partial charge in [-0.1, -0.05) is 11.8 Å². The molecule has 0 aliphatic carbocycles. The average Bonchev–Trinajstić information content (AvgIpc) is 3.16. The first-order valence-electron chi connectivity index (χ1n) is 8.64. The lowest BCUT2D eigenvalue weighted by molar-refractivity contribution is -0.122. The van der Waals surface area contributed by atoms with Crippen LogP contribution in [0.2, 0.25) is 0 Å². The van der Waals surface area contributed by atoms with Crippen molar-refractivity contribution in [1.82, 2.24) is 20.2 Å². The molecular formula is C20H17N5O4. The van der Waals surface area contributed by atoms with Crippen LogP contribution >= 0.6 is 0 Å². The molecule has 1 aromatic carbocycles. The molecule has 0 unspecified atom stereocenters. The van der Waals surface area contributed by atoms with Gasteiger partial charge in [0.15, 0.2) is 5.88 Å². The van der Waals surface area contributed by atoms with Gasteiger partial charge in [0.25, 0.3) is 5.91 Å². The van der Waals surface area contributed by atoms with Gasteiger partial charge < -0.3 is 25.5 Å². The number of carbonyl (C=O) groups is 2. The Morgan fingerprint density at radius 3 is 2.86 bits per heavy atom. The summed E-state index contributed by atoms with van der Waals surface area (Å²) in [6.07, 6.45) is 4.67. The van der Waals surface area contributed by atoms with E-state index in [1.165, 1.54) is 24.1 Å². The maximum atomic E-state index is 12.6. The number of aromatic hydroxyl groups is 1. The summed E-state index contributed by atoms with van der Waals surface area (Å²) in [7, 11) is 1.53. The molecule has 5 N–H and O–H groups in total. The number of nitrogen functional groups attached to an aromatic ring is 1. The highest BCUT2D eigenvalue weighted by Crippen LogP contribution is 2.32. The number of amides is 3. The average molecular weight is 391 g/mol. The molecule has 3 aromatic rings. The summed E-state index contributed by atoms with van der Waals surface area (Å²) in [5.74, 6) is 5.50. The van der Waals surface area contributed by atoms with E-state index in [2.05, 4.69) is 27.5 Å². The van der Waals surface area contributed by atoms with Gasteiger partial charge in [0.2, 0.25) is 5.54 Å². The van der Waals surface area contributed by atoms with Gasteiger partial charge in [-0.3, -0.25) is 15.1 Å². The highest BCUT2D eigenvalue weighted by Gasteiger charge is 2.46. The van der Waals surface area contributed by atoms with Gasteiger partial charge in [0.05, 0.1) is 24.9 Å². The van der Waals surface area contributed by atoms with Gasteiger partial charge in [0, 0.05) is 29.4 Å². The van der Waals surface area contributed by atoms with Gasteiger partial charge >= 0.3 is 6.03 Å². The van der Waals surface area contributed by atoms with Crippen LogP contribution in [0.5, 0.6) is 11.6 Å². The monoisotopic (exact) mass is 391 g/mol. The van der Waals surface area contributed by atoms with Crippen LogP contribution in [0.1, 0.15) is 5.56 Å². The van der Waals surface area contributed by atoms with Gasteiger partial charge in [-0.15, -0.1) is 0 Å². The van der Waals surface area contributed by atoms with Crippen LogP contribution < -0.4 is 21.1 Å². The highest BCUT2D eigenvalue weighted by atomic mass is 16.5. The second-order valence-corrected chi connectivity index (χ2v) is 6.56. The molecule has 2 aromatic heterocycles. The van der Waals surface area contributed by atoms with E-state index >= 15 is 0 Å². The summed E-state index contributed by atoms with van der Waals surface area (Å²) in [4.78, 5) is 28.4. The Labute approximate surface area is 165 Å². The SMILES string of the molecule is COc1ccc2cn(C[C@@]3(C#Cc4cnccc4N)NC(=O)NC3=O)c(O)c2c1. The van der Waals surface area contributed by atoms with Gasteiger partial charge in [-0.25, -0.2) is 4.79 Å².